The van der Waals surface area contributed by atoms with Crippen LogP contribution in [0.15, 0.2) is 72.9 Å². The number of rotatable bonds is 5. The van der Waals surface area contributed by atoms with E-state index in [0.717, 1.165) is 52.7 Å². The van der Waals surface area contributed by atoms with E-state index >= 15 is 0 Å². The molecule has 2 aromatic heterocycles. The second kappa shape index (κ2) is 8.83. The monoisotopic (exact) mass is 425 g/mol. The lowest BCUT2D eigenvalue weighted by Gasteiger charge is -2.30. The Kier molecular flexibility index (Phi) is 5.58. The molecule has 1 amide bonds. The molecule has 1 aliphatic heterocycles. The SMILES string of the molecule is CC1CCN(c2ccc(-c3ccc(NC(=O)Cn4ccc5ccccc54)cc3)nn2)CC1. The number of benzene rings is 2. The Morgan fingerprint density at radius 2 is 1.75 bits per heavy atom. The quantitative estimate of drug-likeness (QED) is 0.490. The summed E-state index contributed by atoms with van der Waals surface area (Å²) in [5.41, 5.74) is 3.63. The van der Waals surface area contributed by atoms with Crippen LogP contribution in [-0.4, -0.2) is 33.8 Å². The number of anilines is 2. The van der Waals surface area contributed by atoms with Crippen molar-refractivity contribution in [1.29, 1.82) is 0 Å². The van der Waals surface area contributed by atoms with E-state index < -0.39 is 0 Å². The van der Waals surface area contributed by atoms with Crippen molar-refractivity contribution in [2.45, 2.75) is 26.3 Å². The minimum atomic E-state index is -0.0564. The predicted molar refractivity (Wildman–Crippen MR) is 129 cm³/mol. The number of nitrogens with one attached hydrogen (secondary N) is 1. The van der Waals surface area contributed by atoms with Crippen LogP contribution < -0.4 is 10.2 Å². The van der Waals surface area contributed by atoms with E-state index in [1.807, 2.05) is 71.4 Å². The summed E-state index contributed by atoms with van der Waals surface area (Å²) in [6.45, 7) is 4.67. The van der Waals surface area contributed by atoms with Crippen LogP contribution in [0.4, 0.5) is 11.5 Å². The van der Waals surface area contributed by atoms with Crippen LogP contribution >= 0.6 is 0 Å². The van der Waals surface area contributed by atoms with Crippen molar-refractivity contribution in [2.24, 2.45) is 5.92 Å². The van der Waals surface area contributed by atoms with Gasteiger partial charge in [-0.15, -0.1) is 10.2 Å². The maximum atomic E-state index is 12.5. The van der Waals surface area contributed by atoms with E-state index in [2.05, 4.69) is 33.4 Å². The minimum Gasteiger partial charge on any atom is -0.355 e. The third-order valence-corrected chi connectivity index (χ3v) is 6.22. The standard InChI is InChI=1S/C26H27N5O/c1-19-12-15-30(16-13-19)25-11-10-23(28-29-25)20-6-8-22(9-7-20)27-26(32)18-31-17-14-21-4-2-3-5-24(21)31/h2-11,14,17,19H,12-13,15-16,18H2,1H3,(H,27,32). The maximum absolute atomic E-state index is 12.5. The normalized spacial score (nSPS) is 14.6. The first-order chi connectivity index (χ1) is 15.7. The fourth-order valence-electron chi connectivity index (χ4n) is 4.24. The predicted octanol–water partition coefficient (Wildman–Crippen LogP) is 4.97. The van der Waals surface area contributed by atoms with Gasteiger partial charge in [0, 0.05) is 36.1 Å². The summed E-state index contributed by atoms with van der Waals surface area (Å²) in [6, 6.07) is 21.9. The summed E-state index contributed by atoms with van der Waals surface area (Å²) in [6.07, 6.45) is 4.36. The lowest BCUT2D eigenvalue weighted by atomic mass is 9.99. The molecular formula is C26H27N5O. The molecule has 6 nitrogen and oxygen atoms in total. The van der Waals surface area contributed by atoms with Gasteiger partial charge in [-0.1, -0.05) is 37.3 Å². The number of fused-ring (bicyclic) bond motifs is 1. The molecule has 0 saturated carbocycles. The van der Waals surface area contributed by atoms with Gasteiger partial charge in [0.2, 0.25) is 5.91 Å². The highest BCUT2D eigenvalue weighted by molar-refractivity contribution is 5.92. The molecule has 6 heteroatoms. The molecular weight excluding hydrogens is 398 g/mol. The van der Waals surface area contributed by atoms with Gasteiger partial charge in [-0.2, -0.15) is 0 Å². The Balaban J connectivity index is 1.21. The third-order valence-electron chi connectivity index (χ3n) is 6.22. The van der Waals surface area contributed by atoms with Crippen LogP contribution in [-0.2, 0) is 11.3 Å². The average Bonchev–Trinajstić information content (AvgIpc) is 3.23. The Labute approximate surface area is 187 Å². The molecule has 0 bridgehead atoms. The molecule has 1 aliphatic rings. The van der Waals surface area contributed by atoms with E-state index in [-0.39, 0.29) is 12.5 Å². The molecule has 4 aromatic rings. The number of hydrogen-bond donors (Lipinski definition) is 1. The molecule has 0 radical (unpaired) electrons. The second-order valence-electron chi connectivity index (χ2n) is 8.57. The molecule has 0 spiro atoms. The van der Waals surface area contributed by atoms with Gasteiger partial charge in [0.1, 0.15) is 6.54 Å². The van der Waals surface area contributed by atoms with Crippen LogP contribution in [0.2, 0.25) is 0 Å². The van der Waals surface area contributed by atoms with E-state index in [1.54, 1.807) is 0 Å². The highest BCUT2D eigenvalue weighted by Gasteiger charge is 2.17. The first-order valence-electron chi connectivity index (χ1n) is 11.2. The van der Waals surface area contributed by atoms with Gasteiger partial charge in [-0.3, -0.25) is 4.79 Å². The zero-order valence-corrected chi connectivity index (χ0v) is 18.2. The van der Waals surface area contributed by atoms with Crippen molar-refractivity contribution in [3.63, 3.8) is 0 Å². The largest absolute Gasteiger partial charge is 0.355 e. The number of nitrogens with zero attached hydrogens (tertiary/aromatic N) is 4. The number of hydrogen-bond acceptors (Lipinski definition) is 4. The molecule has 0 atom stereocenters. The number of para-hydroxylation sites is 1. The summed E-state index contributed by atoms with van der Waals surface area (Å²) < 4.78 is 1.96. The van der Waals surface area contributed by atoms with Gasteiger partial charge in [0.25, 0.3) is 0 Å². The average molecular weight is 426 g/mol. The summed E-state index contributed by atoms with van der Waals surface area (Å²) in [5, 5.41) is 13.0. The first kappa shape index (κ1) is 20.2. The Morgan fingerprint density at radius 1 is 0.969 bits per heavy atom. The van der Waals surface area contributed by atoms with Crippen LogP contribution in [0, 0.1) is 5.92 Å². The number of amides is 1. The maximum Gasteiger partial charge on any atom is 0.244 e. The van der Waals surface area contributed by atoms with Crippen LogP contribution in [0.1, 0.15) is 19.8 Å². The molecule has 0 aliphatic carbocycles. The first-order valence-corrected chi connectivity index (χ1v) is 11.2. The lowest BCUT2D eigenvalue weighted by molar-refractivity contribution is -0.116. The van der Waals surface area contributed by atoms with Crippen molar-refractivity contribution in [1.82, 2.24) is 14.8 Å². The van der Waals surface area contributed by atoms with Gasteiger partial charge in [0.15, 0.2) is 5.82 Å². The molecule has 1 saturated heterocycles. The summed E-state index contributed by atoms with van der Waals surface area (Å²) in [5.74, 6) is 1.68. The topological polar surface area (TPSA) is 63.1 Å². The Hall–Kier alpha value is -3.67. The van der Waals surface area contributed by atoms with E-state index in [4.69, 9.17) is 0 Å². The summed E-state index contributed by atoms with van der Waals surface area (Å²) >= 11 is 0. The van der Waals surface area contributed by atoms with Gasteiger partial charge < -0.3 is 14.8 Å². The van der Waals surface area contributed by atoms with Crippen molar-refractivity contribution in [3.8, 4) is 11.3 Å². The Morgan fingerprint density at radius 3 is 2.50 bits per heavy atom. The van der Waals surface area contributed by atoms with Crippen molar-refractivity contribution < 1.29 is 4.79 Å². The van der Waals surface area contributed by atoms with Crippen molar-refractivity contribution >= 4 is 28.3 Å². The van der Waals surface area contributed by atoms with Gasteiger partial charge in [-0.25, -0.2) is 0 Å². The van der Waals surface area contributed by atoms with Crippen molar-refractivity contribution in [2.75, 3.05) is 23.3 Å². The van der Waals surface area contributed by atoms with E-state index in [1.165, 1.54) is 12.8 Å². The molecule has 32 heavy (non-hydrogen) atoms. The second-order valence-corrected chi connectivity index (χ2v) is 8.57. The number of carbonyl (C=O) groups is 1. The molecule has 2 aromatic carbocycles. The molecule has 5 rings (SSSR count). The third kappa shape index (κ3) is 4.35. The van der Waals surface area contributed by atoms with Crippen molar-refractivity contribution in [3.05, 3.63) is 72.9 Å². The highest BCUT2D eigenvalue weighted by Crippen LogP contribution is 2.24. The van der Waals surface area contributed by atoms with Gasteiger partial charge in [-0.05, 0) is 60.5 Å². The van der Waals surface area contributed by atoms with Gasteiger partial charge in [0.05, 0.1) is 5.69 Å². The molecule has 162 valence electrons. The fraction of sp³-hybridized carbons (Fsp3) is 0.269. The zero-order valence-electron chi connectivity index (χ0n) is 18.2. The molecule has 1 fully saturated rings. The molecule has 0 unspecified atom stereocenters. The molecule has 1 N–H and O–H groups in total. The Bertz CT molecular complexity index is 1210. The van der Waals surface area contributed by atoms with Crippen LogP contribution in [0.25, 0.3) is 22.2 Å². The summed E-state index contributed by atoms with van der Waals surface area (Å²) in [4.78, 5) is 14.8. The van der Waals surface area contributed by atoms with E-state index in [0.29, 0.717) is 0 Å². The number of aromatic nitrogens is 3. The number of carbonyl (C=O) groups excluding carboxylic acids is 1. The minimum absolute atomic E-state index is 0.0564. The lowest BCUT2D eigenvalue weighted by Crippen LogP contribution is -2.33. The smallest absolute Gasteiger partial charge is 0.244 e. The van der Waals surface area contributed by atoms with Crippen LogP contribution in [0.3, 0.4) is 0 Å². The van der Waals surface area contributed by atoms with E-state index in [9.17, 15) is 4.79 Å². The fourth-order valence-corrected chi connectivity index (χ4v) is 4.24. The summed E-state index contributed by atoms with van der Waals surface area (Å²) in [7, 11) is 0. The zero-order chi connectivity index (χ0) is 21.9. The number of piperidine rings is 1. The van der Waals surface area contributed by atoms with Gasteiger partial charge >= 0.3 is 0 Å². The van der Waals surface area contributed by atoms with Crippen LogP contribution in [0.5, 0.6) is 0 Å². The highest BCUT2D eigenvalue weighted by atomic mass is 16.1. The molecule has 3 heterocycles.